The fraction of sp³-hybridized carbons (Fsp3) is 0.667. The van der Waals surface area contributed by atoms with E-state index in [4.69, 9.17) is 0 Å². The van der Waals surface area contributed by atoms with E-state index in [1.165, 1.54) is 11.1 Å². The van der Waals surface area contributed by atoms with Crippen molar-refractivity contribution in [2.45, 2.75) is 26.2 Å². The van der Waals surface area contributed by atoms with E-state index in [9.17, 15) is 4.79 Å². The summed E-state index contributed by atoms with van der Waals surface area (Å²) in [5.74, 6) is 2.68. The maximum absolute atomic E-state index is 12.2. The summed E-state index contributed by atoms with van der Waals surface area (Å²) < 4.78 is 1.44. The van der Waals surface area contributed by atoms with Crippen LogP contribution in [0.15, 0.2) is 12.1 Å². The number of aromatic nitrogens is 5. The highest BCUT2D eigenvalue weighted by Crippen LogP contribution is 2.36. The van der Waals surface area contributed by atoms with Gasteiger partial charge in [-0.15, -0.1) is 14.8 Å². The first-order valence-electron chi connectivity index (χ1n) is 8.29. The number of carbonyl (C=O) groups is 1. The molecular formula is C15H21N7O. The van der Waals surface area contributed by atoms with Gasteiger partial charge in [0.25, 0.3) is 0 Å². The highest BCUT2D eigenvalue weighted by atomic mass is 16.1. The van der Waals surface area contributed by atoms with Gasteiger partial charge in [-0.3, -0.25) is 4.79 Å². The zero-order valence-electron chi connectivity index (χ0n) is 13.2. The zero-order chi connectivity index (χ0) is 15.8. The molecule has 1 saturated carbocycles. The Labute approximate surface area is 134 Å². The quantitative estimate of drug-likeness (QED) is 0.884. The number of piperidine rings is 1. The van der Waals surface area contributed by atoms with Gasteiger partial charge in [0.15, 0.2) is 11.5 Å². The molecule has 3 heterocycles. The first kappa shape index (κ1) is 14.3. The van der Waals surface area contributed by atoms with Crippen LogP contribution in [0.4, 0.5) is 5.82 Å². The first-order valence-corrected chi connectivity index (χ1v) is 8.29. The standard InChI is InChI=1S/C15H21N7O/c1-10-8-12(10)9-16-15(23)11-4-6-21(7-5-11)14-3-2-13-17-19-20-22(13)18-14/h2-3,10-12H,4-9H2,1H3,(H,16,23)/t10-,12-/m0/s1. The molecule has 0 radical (unpaired) electrons. The van der Waals surface area contributed by atoms with E-state index < -0.39 is 0 Å². The number of hydrogen-bond acceptors (Lipinski definition) is 6. The number of nitrogens with one attached hydrogen (secondary N) is 1. The van der Waals surface area contributed by atoms with Gasteiger partial charge in [-0.05, 0) is 53.7 Å². The fourth-order valence-corrected chi connectivity index (χ4v) is 3.24. The molecule has 1 aliphatic carbocycles. The normalized spacial score (nSPS) is 24.8. The molecule has 0 bridgehead atoms. The summed E-state index contributed by atoms with van der Waals surface area (Å²) in [6.45, 7) is 4.75. The molecule has 0 aromatic carbocycles. The van der Waals surface area contributed by atoms with Crippen molar-refractivity contribution in [2.24, 2.45) is 17.8 Å². The van der Waals surface area contributed by atoms with Crippen LogP contribution in [0, 0.1) is 17.8 Å². The Morgan fingerprint density at radius 2 is 2.13 bits per heavy atom. The van der Waals surface area contributed by atoms with Crippen LogP contribution in [0.1, 0.15) is 26.2 Å². The predicted molar refractivity (Wildman–Crippen MR) is 83.8 cm³/mol. The van der Waals surface area contributed by atoms with E-state index in [0.29, 0.717) is 11.6 Å². The lowest BCUT2D eigenvalue weighted by atomic mass is 9.96. The third-order valence-corrected chi connectivity index (χ3v) is 5.06. The molecular weight excluding hydrogens is 294 g/mol. The van der Waals surface area contributed by atoms with E-state index in [-0.39, 0.29) is 11.8 Å². The molecule has 23 heavy (non-hydrogen) atoms. The summed E-state index contributed by atoms with van der Waals surface area (Å²) in [6.07, 6.45) is 2.98. The second kappa shape index (κ2) is 5.75. The van der Waals surface area contributed by atoms with Gasteiger partial charge in [0.2, 0.25) is 5.91 Å². The number of tetrazole rings is 1. The number of anilines is 1. The Morgan fingerprint density at radius 3 is 2.87 bits per heavy atom. The monoisotopic (exact) mass is 315 g/mol. The van der Waals surface area contributed by atoms with Crippen molar-refractivity contribution in [3.63, 3.8) is 0 Å². The summed E-state index contributed by atoms with van der Waals surface area (Å²) in [5.41, 5.74) is 0.636. The maximum Gasteiger partial charge on any atom is 0.223 e. The second-order valence-corrected chi connectivity index (χ2v) is 6.70. The van der Waals surface area contributed by atoms with Gasteiger partial charge < -0.3 is 10.2 Å². The van der Waals surface area contributed by atoms with Crippen molar-refractivity contribution >= 4 is 17.4 Å². The van der Waals surface area contributed by atoms with E-state index in [1.807, 2.05) is 12.1 Å². The second-order valence-electron chi connectivity index (χ2n) is 6.70. The molecule has 2 atom stereocenters. The van der Waals surface area contributed by atoms with Crippen LogP contribution < -0.4 is 10.2 Å². The van der Waals surface area contributed by atoms with Crippen LogP contribution in [0.3, 0.4) is 0 Å². The van der Waals surface area contributed by atoms with Crippen molar-refractivity contribution < 1.29 is 4.79 Å². The number of amides is 1. The van der Waals surface area contributed by atoms with Crippen LogP contribution in [0.25, 0.3) is 5.65 Å². The summed E-state index contributed by atoms with van der Waals surface area (Å²) in [7, 11) is 0. The number of carbonyl (C=O) groups excluding carboxylic acids is 1. The van der Waals surface area contributed by atoms with E-state index in [2.05, 4.69) is 37.8 Å². The largest absolute Gasteiger partial charge is 0.356 e. The van der Waals surface area contributed by atoms with Crippen molar-refractivity contribution in [1.82, 2.24) is 30.6 Å². The average molecular weight is 315 g/mol. The smallest absolute Gasteiger partial charge is 0.223 e. The summed E-state index contributed by atoms with van der Waals surface area (Å²) in [5, 5.41) is 18.8. The molecule has 1 saturated heterocycles. The molecule has 2 aromatic heterocycles. The van der Waals surface area contributed by atoms with Crippen molar-refractivity contribution in [1.29, 1.82) is 0 Å². The Balaban J connectivity index is 1.32. The minimum atomic E-state index is 0.122. The summed E-state index contributed by atoms with van der Waals surface area (Å²) in [4.78, 5) is 14.4. The highest BCUT2D eigenvalue weighted by molar-refractivity contribution is 5.79. The molecule has 2 aromatic rings. The molecule has 8 heteroatoms. The van der Waals surface area contributed by atoms with Crippen LogP contribution in [-0.2, 0) is 4.79 Å². The van der Waals surface area contributed by atoms with Crippen molar-refractivity contribution in [3.05, 3.63) is 12.1 Å². The van der Waals surface area contributed by atoms with Crippen molar-refractivity contribution in [2.75, 3.05) is 24.5 Å². The van der Waals surface area contributed by atoms with Gasteiger partial charge in [-0.1, -0.05) is 6.92 Å². The molecule has 2 aliphatic rings. The minimum absolute atomic E-state index is 0.122. The molecule has 2 fully saturated rings. The zero-order valence-corrected chi connectivity index (χ0v) is 13.2. The lowest BCUT2D eigenvalue weighted by molar-refractivity contribution is -0.125. The van der Waals surface area contributed by atoms with E-state index in [1.54, 1.807) is 0 Å². The van der Waals surface area contributed by atoms with Gasteiger partial charge >= 0.3 is 0 Å². The lowest BCUT2D eigenvalue weighted by Gasteiger charge is -2.31. The minimum Gasteiger partial charge on any atom is -0.356 e. The summed E-state index contributed by atoms with van der Waals surface area (Å²) >= 11 is 0. The molecule has 1 aliphatic heterocycles. The van der Waals surface area contributed by atoms with E-state index in [0.717, 1.165) is 44.2 Å². The number of rotatable bonds is 4. The number of nitrogens with zero attached hydrogens (tertiary/aromatic N) is 6. The Bertz CT molecular complexity index is 707. The average Bonchev–Trinajstić information content (AvgIpc) is 3.09. The lowest BCUT2D eigenvalue weighted by Crippen LogP contribution is -2.41. The van der Waals surface area contributed by atoms with Gasteiger partial charge in [0.1, 0.15) is 0 Å². The SMILES string of the molecule is C[C@H]1C[C@H]1CNC(=O)C1CCN(c2ccc3nnnn3n2)CC1. The Morgan fingerprint density at radius 1 is 1.35 bits per heavy atom. The van der Waals surface area contributed by atoms with Gasteiger partial charge in [-0.2, -0.15) is 0 Å². The molecule has 1 N–H and O–H groups in total. The van der Waals surface area contributed by atoms with Crippen molar-refractivity contribution in [3.8, 4) is 0 Å². The topological polar surface area (TPSA) is 88.3 Å². The maximum atomic E-state index is 12.2. The molecule has 1 amide bonds. The van der Waals surface area contributed by atoms with Crippen LogP contribution in [0.2, 0.25) is 0 Å². The molecule has 8 nitrogen and oxygen atoms in total. The van der Waals surface area contributed by atoms with Gasteiger partial charge in [0, 0.05) is 25.6 Å². The van der Waals surface area contributed by atoms with Gasteiger partial charge in [0.05, 0.1) is 0 Å². The Hall–Kier alpha value is -2.25. The summed E-state index contributed by atoms with van der Waals surface area (Å²) in [6, 6.07) is 3.79. The molecule has 4 rings (SSSR count). The first-order chi connectivity index (χ1) is 11.2. The third-order valence-electron chi connectivity index (χ3n) is 5.06. The fourth-order valence-electron chi connectivity index (χ4n) is 3.24. The van der Waals surface area contributed by atoms with E-state index >= 15 is 0 Å². The number of fused-ring (bicyclic) bond motifs is 1. The Kier molecular flexibility index (Phi) is 3.59. The molecule has 122 valence electrons. The third kappa shape index (κ3) is 2.97. The van der Waals surface area contributed by atoms with Gasteiger partial charge in [-0.25, -0.2) is 0 Å². The molecule has 0 spiro atoms. The van der Waals surface area contributed by atoms with Crippen LogP contribution >= 0.6 is 0 Å². The predicted octanol–water partition coefficient (Wildman–Crippen LogP) is 0.508. The molecule has 0 unspecified atom stereocenters. The van der Waals surface area contributed by atoms with Crippen LogP contribution in [0.5, 0.6) is 0 Å². The number of hydrogen-bond donors (Lipinski definition) is 1. The highest BCUT2D eigenvalue weighted by Gasteiger charge is 2.33. The van der Waals surface area contributed by atoms with Crippen LogP contribution in [-0.4, -0.2) is 50.8 Å².